The molecule has 0 bridgehead atoms. The summed E-state index contributed by atoms with van der Waals surface area (Å²) >= 11 is 0. The molecular weight excluding hydrogens is 320 g/mol. The van der Waals surface area contributed by atoms with Gasteiger partial charge in [-0.15, -0.1) is 0 Å². The number of ether oxygens (including phenoxy) is 1. The first kappa shape index (κ1) is 17.8. The highest BCUT2D eigenvalue weighted by atomic mass is 28.4. The van der Waals surface area contributed by atoms with Crippen molar-refractivity contribution in [3.05, 3.63) is 54.1 Å². The van der Waals surface area contributed by atoms with Gasteiger partial charge in [0.15, 0.2) is 8.32 Å². The molecule has 0 aliphatic carbocycles. The van der Waals surface area contributed by atoms with Crippen LogP contribution in [0.25, 0.3) is 0 Å². The summed E-state index contributed by atoms with van der Waals surface area (Å²) in [6, 6.07) is 15.7. The first-order valence-electron chi connectivity index (χ1n) is 7.87. The van der Waals surface area contributed by atoms with Crippen molar-refractivity contribution in [2.24, 2.45) is 0 Å². The molecule has 2 aromatic rings. The lowest BCUT2D eigenvalue weighted by Crippen LogP contribution is -2.47. The average molecular weight is 347 g/mol. The number of rotatable bonds is 6. The largest absolute Gasteiger partial charge is 0.521 e. The van der Waals surface area contributed by atoms with Gasteiger partial charge in [0.2, 0.25) is 0 Å². The van der Waals surface area contributed by atoms with E-state index in [0.29, 0.717) is 0 Å². The summed E-state index contributed by atoms with van der Waals surface area (Å²) < 4.78 is 18.1. The van der Waals surface area contributed by atoms with Crippen LogP contribution < -0.4 is 9.16 Å². The monoisotopic (exact) mass is 346 g/mol. The Morgan fingerprint density at radius 2 is 1.09 bits per heavy atom. The highest BCUT2D eigenvalue weighted by molar-refractivity contribution is 6.81. The van der Waals surface area contributed by atoms with Gasteiger partial charge in [-0.2, -0.15) is 0 Å². The Bertz CT molecular complexity index is 629. The molecule has 0 unspecified atom stereocenters. The number of benzene rings is 2. The van der Waals surface area contributed by atoms with Crippen molar-refractivity contribution in [2.75, 3.05) is 0 Å². The van der Waals surface area contributed by atoms with Gasteiger partial charge in [-0.1, -0.05) is 17.7 Å². The van der Waals surface area contributed by atoms with Gasteiger partial charge in [0.05, 0.1) is 0 Å². The average Bonchev–Trinajstić information content (AvgIpc) is 2.40. The molecule has 0 amide bonds. The first-order valence-corrected chi connectivity index (χ1v) is 14.1. The van der Waals surface area contributed by atoms with Crippen molar-refractivity contribution in [1.82, 2.24) is 0 Å². The minimum absolute atomic E-state index is 0.798. The predicted octanol–water partition coefficient (Wildman–Crippen LogP) is 5.72. The third kappa shape index (κ3) is 6.21. The Balaban J connectivity index is 2.00. The molecule has 0 saturated heterocycles. The van der Waals surface area contributed by atoms with E-state index < -0.39 is 16.9 Å². The molecule has 0 saturated carbocycles. The van der Waals surface area contributed by atoms with Gasteiger partial charge in [-0.3, -0.25) is 0 Å². The van der Waals surface area contributed by atoms with Crippen LogP contribution in [0.3, 0.4) is 0 Å². The lowest BCUT2D eigenvalue weighted by Gasteiger charge is -2.31. The Morgan fingerprint density at radius 3 is 1.57 bits per heavy atom. The van der Waals surface area contributed by atoms with E-state index in [-0.39, 0.29) is 0 Å². The van der Waals surface area contributed by atoms with E-state index in [1.165, 1.54) is 5.56 Å². The molecule has 3 nitrogen and oxygen atoms in total. The second kappa shape index (κ2) is 6.90. The summed E-state index contributed by atoms with van der Waals surface area (Å²) in [4.78, 5) is 0. The number of aryl methyl sites for hydroxylation is 1. The van der Waals surface area contributed by atoms with Crippen molar-refractivity contribution in [2.45, 2.75) is 39.7 Å². The van der Waals surface area contributed by atoms with Crippen LogP contribution in [0.2, 0.25) is 32.7 Å². The zero-order valence-corrected chi connectivity index (χ0v) is 16.8. The minimum atomic E-state index is -2.16. The molecule has 23 heavy (non-hydrogen) atoms. The normalized spacial score (nSPS) is 12.1. The fourth-order valence-electron chi connectivity index (χ4n) is 2.36. The van der Waals surface area contributed by atoms with Gasteiger partial charge < -0.3 is 13.3 Å². The highest BCUT2D eigenvalue weighted by Crippen LogP contribution is 2.26. The molecule has 0 atom stereocenters. The fraction of sp³-hybridized carbons (Fsp3) is 0.333. The van der Waals surface area contributed by atoms with E-state index in [1.807, 2.05) is 48.5 Å². The Hall–Kier alpha value is -1.57. The van der Waals surface area contributed by atoms with Crippen LogP contribution in [-0.2, 0) is 4.12 Å². The quantitative estimate of drug-likeness (QED) is 0.626. The van der Waals surface area contributed by atoms with Gasteiger partial charge in [0, 0.05) is 0 Å². The maximum atomic E-state index is 6.19. The SMILES string of the molecule is Cc1ccc(Oc2ccc(O[Si](C)(C)O[Si](C)(C)C)cc2)cc1. The highest BCUT2D eigenvalue weighted by Gasteiger charge is 2.33. The van der Waals surface area contributed by atoms with Crippen molar-refractivity contribution < 1.29 is 13.3 Å². The van der Waals surface area contributed by atoms with Gasteiger partial charge in [0.1, 0.15) is 17.2 Å². The third-order valence-corrected chi connectivity index (χ3v) is 8.14. The van der Waals surface area contributed by atoms with Crippen LogP contribution in [-0.4, -0.2) is 16.9 Å². The maximum Gasteiger partial charge on any atom is 0.382 e. The Labute approximate surface area is 141 Å². The van der Waals surface area contributed by atoms with Gasteiger partial charge in [-0.05, 0) is 76.1 Å². The molecule has 0 spiro atoms. The molecule has 124 valence electrons. The van der Waals surface area contributed by atoms with Crippen LogP contribution >= 0.6 is 0 Å². The molecule has 2 rings (SSSR count). The third-order valence-electron chi connectivity index (χ3n) is 3.00. The molecule has 0 aliphatic heterocycles. The van der Waals surface area contributed by atoms with Crippen LogP contribution in [0, 0.1) is 6.92 Å². The fourth-order valence-corrected chi connectivity index (χ4v) is 9.13. The van der Waals surface area contributed by atoms with Crippen molar-refractivity contribution in [3.8, 4) is 17.2 Å². The van der Waals surface area contributed by atoms with Gasteiger partial charge in [0.25, 0.3) is 0 Å². The van der Waals surface area contributed by atoms with Crippen LogP contribution in [0.15, 0.2) is 48.5 Å². The van der Waals surface area contributed by atoms with E-state index in [4.69, 9.17) is 13.3 Å². The lowest BCUT2D eigenvalue weighted by atomic mass is 10.2. The van der Waals surface area contributed by atoms with Crippen LogP contribution in [0.5, 0.6) is 17.2 Å². The molecular formula is C18H26O3Si2. The van der Waals surface area contributed by atoms with Crippen molar-refractivity contribution in [3.63, 3.8) is 0 Å². The first-order chi connectivity index (χ1) is 10.6. The van der Waals surface area contributed by atoms with Gasteiger partial charge in [-0.25, -0.2) is 0 Å². The minimum Gasteiger partial charge on any atom is -0.521 e. The van der Waals surface area contributed by atoms with E-state index >= 15 is 0 Å². The van der Waals surface area contributed by atoms with E-state index in [2.05, 4.69) is 39.7 Å². The van der Waals surface area contributed by atoms with E-state index in [9.17, 15) is 0 Å². The Morgan fingerprint density at radius 1 is 0.652 bits per heavy atom. The standard InChI is InChI=1S/C18H26O3Si2/c1-15-7-9-16(10-8-15)19-17-11-13-18(14-12-17)20-23(5,6)21-22(2,3)4/h7-14H,1-6H3. The molecule has 5 heteroatoms. The Kier molecular flexibility index (Phi) is 5.34. The zero-order valence-electron chi connectivity index (χ0n) is 14.8. The molecule has 0 heterocycles. The van der Waals surface area contributed by atoms with Crippen LogP contribution in [0.4, 0.5) is 0 Å². The number of hydrogen-bond donors (Lipinski definition) is 0. The van der Waals surface area contributed by atoms with Gasteiger partial charge >= 0.3 is 8.56 Å². The molecule has 0 fully saturated rings. The molecule has 0 radical (unpaired) electrons. The number of hydrogen-bond acceptors (Lipinski definition) is 3. The summed E-state index contributed by atoms with van der Waals surface area (Å²) in [6.07, 6.45) is 0. The predicted molar refractivity (Wildman–Crippen MR) is 100 cm³/mol. The summed E-state index contributed by atoms with van der Waals surface area (Å²) in [5.41, 5.74) is 1.22. The second-order valence-electron chi connectivity index (χ2n) is 7.10. The summed E-state index contributed by atoms with van der Waals surface area (Å²) in [6.45, 7) is 12.8. The summed E-state index contributed by atoms with van der Waals surface area (Å²) in [5, 5.41) is 0. The van der Waals surface area contributed by atoms with Crippen molar-refractivity contribution in [1.29, 1.82) is 0 Å². The topological polar surface area (TPSA) is 27.7 Å². The smallest absolute Gasteiger partial charge is 0.382 e. The van der Waals surface area contributed by atoms with Crippen LogP contribution in [0.1, 0.15) is 5.56 Å². The molecule has 0 aliphatic rings. The summed E-state index contributed by atoms with van der Waals surface area (Å²) in [7, 11) is -3.76. The molecule has 2 aromatic carbocycles. The second-order valence-corrected chi connectivity index (χ2v) is 15.1. The molecule has 0 aromatic heterocycles. The summed E-state index contributed by atoms with van der Waals surface area (Å²) in [5.74, 6) is 2.46. The maximum absolute atomic E-state index is 6.19. The van der Waals surface area contributed by atoms with Crippen molar-refractivity contribution >= 4 is 16.9 Å². The lowest BCUT2D eigenvalue weighted by molar-refractivity contribution is 0.396. The molecule has 0 N–H and O–H groups in total. The van der Waals surface area contributed by atoms with E-state index in [0.717, 1.165) is 17.2 Å². The zero-order chi connectivity index (χ0) is 17.1. The van der Waals surface area contributed by atoms with E-state index in [1.54, 1.807) is 0 Å².